The molecule has 0 amide bonds. The first-order valence-corrected chi connectivity index (χ1v) is 9.91. The van der Waals surface area contributed by atoms with Gasteiger partial charge in [-0.05, 0) is 65.5 Å². The number of nitro groups is 1. The maximum absolute atomic E-state index is 11.9. The van der Waals surface area contributed by atoms with Gasteiger partial charge in [0.05, 0.1) is 35.7 Å². The van der Waals surface area contributed by atoms with Gasteiger partial charge in [-0.15, -0.1) is 4.68 Å². The van der Waals surface area contributed by atoms with E-state index in [0.29, 0.717) is 27.6 Å². The van der Waals surface area contributed by atoms with Crippen molar-refractivity contribution in [1.82, 2.24) is 9.90 Å². The molecule has 5 rings (SSSR count). The fraction of sp³-hybridized carbons (Fsp3) is 0.0833. The number of benzene rings is 4. The number of nitro benzene ring substituents is 1. The van der Waals surface area contributed by atoms with Crippen molar-refractivity contribution in [2.45, 2.75) is 0 Å². The van der Waals surface area contributed by atoms with Gasteiger partial charge < -0.3 is 9.47 Å². The van der Waals surface area contributed by atoms with Gasteiger partial charge in [0, 0.05) is 5.39 Å². The Balaban J connectivity index is 1.88. The standard InChI is InChI=1S/C24H19N4O4/c1-31-18-11-7-16(8-12-18)26-23-15-22(28(29)30)20-5-3-4-6-21(20)24(23)25-27(26)17-9-13-19(32-2)14-10-17/h3-15H,1-2H3/q+1. The summed E-state index contributed by atoms with van der Waals surface area (Å²) in [6.45, 7) is 0. The highest BCUT2D eigenvalue weighted by Crippen LogP contribution is 2.32. The average Bonchev–Trinajstić information content (AvgIpc) is 3.23. The van der Waals surface area contributed by atoms with Gasteiger partial charge in [0.2, 0.25) is 5.52 Å². The molecule has 8 nitrogen and oxygen atoms in total. The van der Waals surface area contributed by atoms with Gasteiger partial charge in [0.1, 0.15) is 17.2 Å². The molecular weight excluding hydrogens is 408 g/mol. The third kappa shape index (κ3) is 3.09. The van der Waals surface area contributed by atoms with Crippen molar-refractivity contribution < 1.29 is 19.1 Å². The molecule has 0 unspecified atom stereocenters. The number of rotatable bonds is 5. The van der Waals surface area contributed by atoms with Crippen molar-refractivity contribution in [2.24, 2.45) is 0 Å². The summed E-state index contributed by atoms with van der Waals surface area (Å²) in [5, 5.41) is 18.0. The maximum Gasteiger partial charge on any atom is 0.281 e. The molecule has 0 saturated carbocycles. The molecule has 0 aliphatic carbocycles. The number of aromatic nitrogens is 3. The normalized spacial score (nSPS) is 11.1. The monoisotopic (exact) mass is 427 g/mol. The summed E-state index contributed by atoms with van der Waals surface area (Å²) < 4.78 is 12.4. The van der Waals surface area contributed by atoms with Gasteiger partial charge in [-0.25, -0.2) is 0 Å². The second kappa shape index (κ2) is 7.66. The number of nitrogens with zero attached hydrogens (tertiary/aromatic N) is 4. The minimum Gasteiger partial charge on any atom is -0.497 e. The van der Waals surface area contributed by atoms with Crippen LogP contribution in [-0.2, 0) is 0 Å². The second-order valence-corrected chi connectivity index (χ2v) is 7.16. The first kappa shape index (κ1) is 19.5. The fourth-order valence-corrected chi connectivity index (χ4v) is 3.85. The first-order chi connectivity index (χ1) is 15.6. The largest absolute Gasteiger partial charge is 0.497 e. The topological polar surface area (TPSA) is 83.3 Å². The van der Waals surface area contributed by atoms with Crippen LogP contribution in [0.4, 0.5) is 5.69 Å². The molecule has 1 heterocycles. The van der Waals surface area contributed by atoms with Crippen LogP contribution in [0.25, 0.3) is 33.2 Å². The number of hydrogen-bond donors (Lipinski definition) is 0. The molecule has 0 bridgehead atoms. The van der Waals surface area contributed by atoms with Crippen LogP contribution in [0.1, 0.15) is 0 Å². The van der Waals surface area contributed by atoms with Crippen LogP contribution in [-0.4, -0.2) is 29.0 Å². The van der Waals surface area contributed by atoms with E-state index < -0.39 is 0 Å². The van der Waals surface area contributed by atoms with E-state index >= 15 is 0 Å². The van der Waals surface area contributed by atoms with E-state index in [1.807, 2.05) is 65.3 Å². The summed E-state index contributed by atoms with van der Waals surface area (Å²) in [5.74, 6) is 1.44. The van der Waals surface area contributed by atoms with Crippen molar-refractivity contribution in [2.75, 3.05) is 14.2 Å². The van der Waals surface area contributed by atoms with Crippen molar-refractivity contribution in [3.05, 3.63) is 89.0 Å². The van der Waals surface area contributed by atoms with Crippen molar-refractivity contribution >= 4 is 27.5 Å². The lowest BCUT2D eigenvalue weighted by Gasteiger charge is -2.05. The maximum atomic E-state index is 11.9. The van der Waals surface area contributed by atoms with Crippen LogP contribution >= 0.6 is 0 Å². The number of hydrogen-bond acceptors (Lipinski definition) is 5. The zero-order valence-electron chi connectivity index (χ0n) is 17.4. The number of fused-ring (bicyclic) bond motifs is 3. The summed E-state index contributed by atoms with van der Waals surface area (Å²) in [6, 6.07) is 23.8. The highest BCUT2D eigenvalue weighted by atomic mass is 16.6. The minimum absolute atomic E-state index is 0.0321. The van der Waals surface area contributed by atoms with Crippen molar-refractivity contribution in [3.63, 3.8) is 0 Å². The Morgan fingerprint density at radius 3 is 2.06 bits per heavy atom. The summed E-state index contributed by atoms with van der Waals surface area (Å²) in [5.41, 5.74) is 2.89. The fourth-order valence-electron chi connectivity index (χ4n) is 3.85. The van der Waals surface area contributed by atoms with Crippen LogP contribution in [0.15, 0.2) is 78.9 Å². The van der Waals surface area contributed by atoms with Gasteiger partial charge in [-0.3, -0.25) is 10.1 Å². The molecule has 5 aromatic rings. The van der Waals surface area contributed by atoms with Crippen LogP contribution in [0, 0.1) is 10.1 Å². The van der Waals surface area contributed by atoms with E-state index in [4.69, 9.17) is 14.6 Å². The van der Waals surface area contributed by atoms with E-state index in [1.165, 1.54) is 0 Å². The molecule has 4 aromatic carbocycles. The third-order valence-electron chi connectivity index (χ3n) is 5.40. The molecule has 0 fully saturated rings. The van der Waals surface area contributed by atoms with Crippen LogP contribution in [0.3, 0.4) is 0 Å². The summed E-state index contributed by atoms with van der Waals surface area (Å²) in [6.07, 6.45) is 0. The lowest BCUT2D eigenvalue weighted by molar-refractivity contribution is -0.655. The lowest BCUT2D eigenvalue weighted by atomic mass is 10.1. The lowest BCUT2D eigenvalue weighted by Crippen LogP contribution is -2.40. The molecule has 1 aromatic heterocycles. The Bertz CT molecular complexity index is 1460. The van der Waals surface area contributed by atoms with Crippen molar-refractivity contribution in [1.29, 1.82) is 0 Å². The molecule has 0 spiro atoms. The molecule has 8 heteroatoms. The molecule has 0 atom stereocenters. The zero-order valence-corrected chi connectivity index (χ0v) is 17.4. The van der Waals surface area contributed by atoms with Gasteiger partial charge in [0.15, 0.2) is 5.69 Å². The second-order valence-electron chi connectivity index (χ2n) is 7.16. The predicted molar refractivity (Wildman–Crippen MR) is 120 cm³/mol. The molecule has 0 saturated heterocycles. The summed E-state index contributed by atoms with van der Waals surface area (Å²) >= 11 is 0. The number of methoxy groups -OCH3 is 2. The highest BCUT2D eigenvalue weighted by molar-refractivity contribution is 6.07. The van der Waals surface area contributed by atoms with Crippen molar-refractivity contribution in [3.8, 4) is 22.9 Å². The number of ether oxygens (including phenoxy) is 2. The van der Waals surface area contributed by atoms with E-state index in [1.54, 1.807) is 37.2 Å². The van der Waals surface area contributed by atoms with Gasteiger partial charge in [-0.2, -0.15) is 0 Å². The molecule has 0 radical (unpaired) electrons. The highest BCUT2D eigenvalue weighted by Gasteiger charge is 2.28. The van der Waals surface area contributed by atoms with Gasteiger partial charge in [0.25, 0.3) is 11.2 Å². The summed E-state index contributed by atoms with van der Waals surface area (Å²) in [7, 11) is 3.22. The molecular formula is C24H19N4O4+. The molecule has 0 N–H and O–H groups in total. The third-order valence-corrected chi connectivity index (χ3v) is 5.40. The van der Waals surface area contributed by atoms with Crippen LogP contribution in [0.5, 0.6) is 11.5 Å². The quantitative estimate of drug-likeness (QED) is 0.236. The first-order valence-electron chi connectivity index (χ1n) is 9.91. The van der Waals surface area contributed by atoms with E-state index in [-0.39, 0.29) is 10.6 Å². The Kier molecular flexibility index (Phi) is 4.67. The van der Waals surface area contributed by atoms with Gasteiger partial charge in [-0.1, -0.05) is 12.1 Å². The van der Waals surface area contributed by atoms with E-state index in [2.05, 4.69) is 0 Å². The van der Waals surface area contributed by atoms with Gasteiger partial charge >= 0.3 is 0 Å². The Hall–Kier alpha value is -4.46. The van der Waals surface area contributed by atoms with E-state index in [0.717, 1.165) is 17.1 Å². The Morgan fingerprint density at radius 1 is 0.875 bits per heavy atom. The molecule has 0 aliphatic heterocycles. The smallest absolute Gasteiger partial charge is 0.281 e. The minimum atomic E-state index is -0.356. The van der Waals surface area contributed by atoms with Crippen LogP contribution in [0.2, 0.25) is 0 Å². The SMILES string of the molecule is COc1ccc(-n2nc3c4ccccc4c([N+](=O)[O-])cc3[n+]2-c2ccc(OC)cc2)cc1. The van der Waals surface area contributed by atoms with Crippen LogP contribution < -0.4 is 14.2 Å². The molecule has 0 aliphatic rings. The number of non-ortho nitro benzene ring substituents is 1. The zero-order chi connectivity index (χ0) is 22.2. The van der Waals surface area contributed by atoms with E-state index in [9.17, 15) is 10.1 Å². The summed E-state index contributed by atoms with van der Waals surface area (Å²) in [4.78, 5) is 13.3. The Labute approximate surface area is 183 Å². The Morgan fingerprint density at radius 2 is 1.47 bits per heavy atom. The molecule has 32 heavy (non-hydrogen) atoms. The predicted octanol–water partition coefficient (Wildman–Crippen LogP) is 4.38. The molecule has 158 valence electrons. The average molecular weight is 427 g/mol.